The number of amides is 1. The van der Waals surface area contributed by atoms with Crippen LogP contribution < -0.4 is 5.56 Å². The zero-order valence-electron chi connectivity index (χ0n) is 17.1. The van der Waals surface area contributed by atoms with E-state index in [1.807, 2.05) is 23.3 Å². The van der Waals surface area contributed by atoms with Gasteiger partial charge < -0.3 is 9.64 Å². The summed E-state index contributed by atoms with van der Waals surface area (Å²) in [7, 11) is 0. The highest BCUT2D eigenvalue weighted by Gasteiger charge is 2.31. The highest BCUT2D eigenvalue weighted by molar-refractivity contribution is 5.78. The van der Waals surface area contributed by atoms with Gasteiger partial charge in [0.1, 0.15) is 5.82 Å². The van der Waals surface area contributed by atoms with Crippen LogP contribution in [0.3, 0.4) is 0 Å². The van der Waals surface area contributed by atoms with Crippen molar-refractivity contribution >= 4 is 5.91 Å². The van der Waals surface area contributed by atoms with Gasteiger partial charge in [0.15, 0.2) is 0 Å². The van der Waals surface area contributed by atoms with Crippen molar-refractivity contribution in [3.05, 3.63) is 27.9 Å². The third-order valence-corrected chi connectivity index (χ3v) is 6.21. The number of hydrogen-bond donors (Lipinski definition) is 0. The zero-order chi connectivity index (χ0) is 19.7. The summed E-state index contributed by atoms with van der Waals surface area (Å²) in [4.78, 5) is 34.3. The van der Waals surface area contributed by atoms with E-state index in [4.69, 9.17) is 9.72 Å². The van der Waals surface area contributed by atoms with Gasteiger partial charge in [-0.2, -0.15) is 0 Å². The number of rotatable bonds is 3. The molecule has 0 saturated carbocycles. The Morgan fingerprint density at radius 2 is 1.93 bits per heavy atom. The molecule has 4 heterocycles. The highest BCUT2D eigenvalue weighted by atomic mass is 16.5. The van der Waals surface area contributed by atoms with Gasteiger partial charge in [-0.05, 0) is 39.7 Å². The number of fused-ring (bicyclic) bond motifs is 1. The molecule has 0 unspecified atom stereocenters. The number of ether oxygens (including phenoxy) is 1. The quantitative estimate of drug-likeness (QED) is 0.783. The van der Waals surface area contributed by atoms with Crippen LogP contribution >= 0.6 is 0 Å². The van der Waals surface area contributed by atoms with Crippen molar-refractivity contribution in [3.63, 3.8) is 0 Å². The van der Waals surface area contributed by atoms with Crippen molar-refractivity contribution in [1.29, 1.82) is 0 Å². The van der Waals surface area contributed by atoms with Crippen molar-refractivity contribution in [1.82, 2.24) is 19.4 Å². The molecule has 1 aromatic rings. The molecule has 7 nitrogen and oxygen atoms in total. The number of carbonyl (C=O) groups is 1. The third-order valence-electron chi connectivity index (χ3n) is 6.21. The van der Waals surface area contributed by atoms with Gasteiger partial charge in [-0.15, -0.1) is 0 Å². The largest absolute Gasteiger partial charge is 0.372 e. The van der Waals surface area contributed by atoms with Gasteiger partial charge in [0.2, 0.25) is 5.91 Å². The Labute approximate surface area is 166 Å². The van der Waals surface area contributed by atoms with E-state index < -0.39 is 0 Å². The van der Waals surface area contributed by atoms with E-state index in [-0.39, 0.29) is 29.6 Å². The average molecular weight is 389 g/mol. The molecule has 7 heteroatoms. The monoisotopic (exact) mass is 388 g/mol. The predicted octanol–water partition coefficient (Wildman–Crippen LogP) is 1.39. The molecule has 3 aliphatic rings. The lowest BCUT2D eigenvalue weighted by Crippen LogP contribution is -2.50. The summed E-state index contributed by atoms with van der Waals surface area (Å²) < 4.78 is 7.58. The Morgan fingerprint density at radius 3 is 2.71 bits per heavy atom. The van der Waals surface area contributed by atoms with Crippen LogP contribution in [0.1, 0.15) is 57.0 Å². The summed E-state index contributed by atoms with van der Waals surface area (Å²) in [6, 6.07) is 1.73. The van der Waals surface area contributed by atoms with E-state index in [1.165, 1.54) is 0 Å². The van der Waals surface area contributed by atoms with Gasteiger partial charge in [0, 0.05) is 44.6 Å². The first kappa shape index (κ1) is 19.6. The molecule has 0 aromatic carbocycles. The summed E-state index contributed by atoms with van der Waals surface area (Å²) in [5.41, 5.74) is 1.01. The van der Waals surface area contributed by atoms with E-state index in [0.29, 0.717) is 19.6 Å². The van der Waals surface area contributed by atoms with E-state index >= 15 is 0 Å². The lowest BCUT2D eigenvalue weighted by molar-refractivity contribution is -0.144. The second-order valence-corrected chi connectivity index (χ2v) is 8.67. The van der Waals surface area contributed by atoms with Gasteiger partial charge in [0.05, 0.1) is 24.4 Å². The molecule has 3 aliphatic heterocycles. The average Bonchev–Trinajstić information content (AvgIpc) is 2.97. The van der Waals surface area contributed by atoms with Gasteiger partial charge in [-0.1, -0.05) is 6.42 Å². The second kappa shape index (κ2) is 8.33. The maximum absolute atomic E-state index is 12.7. The smallest absolute Gasteiger partial charge is 0.253 e. The molecular weight excluding hydrogens is 356 g/mol. The normalized spacial score (nSPS) is 28.8. The highest BCUT2D eigenvalue weighted by Crippen LogP contribution is 2.26. The fraction of sp³-hybridized carbons (Fsp3) is 0.762. The molecule has 4 rings (SSSR count). The lowest BCUT2D eigenvalue weighted by atomic mass is 10.0. The SMILES string of the molecule is C[C@@H]1CN(C(=O)CN2CC[C@H](c3cc(=O)n4c(n3)CCCCC4)C2)C[C@H](C)O1. The molecule has 3 atom stereocenters. The van der Waals surface area contributed by atoms with Crippen LogP contribution in [0.15, 0.2) is 10.9 Å². The first-order valence-electron chi connectivity index (χ1n) is 10.8. The maximum atomic E-state index is 12.7. The summed E-state index contributed by atoms with van der Waals surface area (Å²) in [6.45, 7) is 8.30. The lowest BCUT2D eigenvalue weighted by Gasteiger charge is -2.36. The molecule has 0 aliphatic carbocycles. The molecule has 0 spiro atoms. The molecule has 2 saturated heterocycles. The van der Waals surface area contributed by atoms with Gasteiger partial charge in [0.25, 0.3) is 5.56 Å². The van der Waals surface area contributed by atoms with Crippen molar-refractivity contribution in [2.24, 2.45) is 0 Å². The number of nitrogens with zero attached hydrogens (tertiary/aromatic N) is 4. The van der Waals surface area contributed by atoms with Crippen LogP contribution in [-0.2, 0) is 22.5 Å². The zero-order valence-corrected chi connectivity index (χ0v) is 17.1. The van der Waals surface area contributed by atoms with Gasteiger partial charge in [-0.3, -0.25) is 19.1 Å². The van der Waals surface area contributed by atoms with Crippen molar-refractivity contribution in [3.8, 4) is 0 Å². The topological polar surface area (TPSA) is 67.7 Å². The van der Waals surface area contributed by atoms with E-state index in [2.05, 4.69) is 4.90 Å². The van der Waals surface area contributed by atoms with Crippen LogP contribution in [0.5, 0.6) is 0 Å². The Kier molecular flexibility index (Phi) is 5.83. The molecule has 0 N–H and O–H groups in total. The number of morpholine rings is 1. The summed E-state index contributed by atoms with van der Waals surface area (Å²) in [6.07, 6.45) is 5.37. The Balaban J connectivity index is 1.39. The number of hydrogen-bond acceptors (Lipinski definition) is 5. The van der Waals surface area contributed by atoms with Crippen LogP contribution in [0.4, 0.5) is 0 Å². The fourth-order valence-electron chi connectivity index (χ4n) is 4.83. The predicted molar refractivity (Wildman–Crippen MR) is 106 cm³/mol. The van der Waals surface area contributed by atoms with Crippen LogP contribution in [0.25, 0.3) is 0 Å². The van der Waals surface area contributed by atoms with Crippen molar-refractivity contribution in [2.45, 2.75) is 70.6 Å². The molecule has 28 heavy (non-hydrogen) atoms. The van der Waals surface area contributed by atoms with Crippen LogP contribution in [-0.4, -0.2) is 70.2 Å². The molecule has 0 radical (unpaired) electrons. The van der Waals surface area contributed by atoms with E-state index in [0.717, 1.165) is 63.3 Å². The third kappa shape index (κ3) is 4.30. The summed E-state index contributed by atoms with van der Waals surface area (Å²) >= 11 is 0. The van der Waals surface area contributed by atoms with Gasteiger partial charge in [-0.25, -0.2) is 4.98 Å². The number of aromatic nitrogens is 2. The summed E-state index contributed by atoms with van der Waals surface area (Å²) in [5.74, 6) is 1.38. The molecule has 0 bridgehead atoms. The Hall–Kier alpha value is -1.73. The standard InChI is InChI=1S/C21H32N4O3/c1-15-11-24(12-16(2)28-15)21(27)14-23-9-7-17(13-23)18-10-20(26)25-8-5-3-4-6-19(25)22-18/h10,15-17H,3-9,11-14H2,1-2H3/t15-,16+,17-/m0/s1. The molecule has 2 fully saturated rings. The second-order valence-electron chi connectivity index (χ2n) is 8.67. The van der Waals surface area contributed by atoms with Gasteiger partial charge >= 0.3 is 0 Å². The maximum Gasteiger partial charge on any atom is 0.253 e. The van der Waals surface area contributed by atoms with Crippen LogP contribution in [0, 0.1) is 0 Å². The molecule has 154 valence electrons. The first-order valence-corrected chi connectivity index (χ1v) is 10.8. The summed E-state index contributed by atoms with van der Waals surface area (Å²) in [5, 5.41) is 0. The number of carbonyl (C=O) groups excluding carboxylic acids is 1. The molecule has 1 aromatic heterocycles. The Bertz CT molecular complexity index is 767. The minimum absolute atomic E-state index is 0.0905. The van der Waals surface area contributed by atoms with E-state index in [9.17, 15) is 9.59 Å². The Morgan fingerprint density at radius 1 is 1.14 bits per heavy atom. The number of aryl methyl sites for hydroxylation is 1. The fourth-order valence-corrected chi connectivity index (χ4v) is 4.83. The van der Waals surface area contributed by atoms with Crippen molar-refractivity contribution in [2.75, 3.05) is 32.7 Å². The minimum Gasteiger partial charge on any atom is -0.372 e. The first-order chi connectivity index (χ1) is 13.5. The van der Waals surface area contributed by atoms with Crippen LogP contribution in [0.2, 0.25) is 0 Å². The number of likely N-dealkylation sites (tertiary alicyclic amines) is 1. The molecular formula is C21H32N4O3. The van der Waals surface area contributed by atoms with E-state index in [1.54, 1.807) is 6.07 Å². The molecule has 1 amide bonds. The van der Waals surface area contributed by atoms with Crippen molar-refractivity contribution < 1.29 is 9.53 Å². The minimum atomic E-state index is 0.0905.